The molecule has 0 saturated carbocycles. The van der Waals surface area contributed by atoms with E-state index in [1.807, 2.05) is 0 Å². The van der Waals surface area contributed by atoms with Crippen LogP contribution in [-0.2, 0) is 16.1 Å². The smallest absolute Gasteiger partial charge is 0.351 e. The van der Waals surface area contributed by atoms with Crippen molar-refractivity contribution in [2.45, 2.75) is 32.1 Å². The largest absolute Gasteiger partial charge is 0.413 e. The average Bonchev–Trinajstić information content (AvgIpc) is 3.09. The van der Waals surface area contributed by atoms with Crippen molar-refractivity contribution in [1.82, 2.24) is 9.88 Å². The molecule has 1 aromatic carbocycles. The molecular formula is C24H19ClF3N3O2. The van der Waals surface area contributed by atoms with E-state index in [2.05, 4.69) is 10.3 Å². The number of benzene rings is 1. The number of Topliss-reactive ketones (excluding diaryl/α,β-unsaturated/α-hetero) is 1. The van der Waals surface area contributed by atoms with E-state index in [1.165, 1.54) is 12.3 Å². The molecule has 1 aliphatic heterocycles. The zero-order chi connectivity index (χ0) is 23.8. The lowest BCUT2D eigenvalue weighted by Gasteiger charge is -2.31. The fourth-order valence-corrected chi connectivity index (χ4v) is 4.13. The fourth-order valence-electron chi connectivity index (χ4n) is 4.01. The van der Waals surface area contributed by atoms with Gasteiger partial charge in [-0.1, -0.05) is 41.4 Å². The first-order valence-electron chi connectivity index (χ1n) is 10.1. The van der Waals surface area contributed by atoms with Crippen LogP contribution < -0.4 is 5.32 Å². The summed E-state index contributed by atoms with van der Waals surface area (Å²) in [7, 11) is 0. The number of anilines is 1. The predicted octanol–water partition coefficient (Wildman–Crippen LogP) is 5.22. The van der Waals surface area contributed by atoms with Gasteiger partial charge in [0.15, 0.2) is 6.04 Å². The highest BCUT2D eigenvalue weighted by Crippen LogP contribution is 2.46. The van der Waals surface area contributed by atoms with E-state index >= 15 is 0 Å². The van der Waals surface area contributed by atoms with Gasteiger partial charge >= 0.3 is 6.18 Å². The van der Waals surface area contributed by atoms with Crippen molar-refractivity contribution < 1.29 is 22.8 Å². The van der Waals surface area contributed by atoms with Crippen LogP contribution in [0.4, 0.5) is 19.0 Å². The number of hydrogen-bond acceptors (Lipinski definition) is 4. The first kappa shape index (κ1) is 22.8. The molecule has 0 radical (unpaired) electrons. The Morgan fingerprint density at radius 3 is 2.52 bits per heavy atom. The number of carbonyl (C=O) groups excluding carboxylic acids is 2. The monoisotopic (exact) mass is 473 g/mol. The number of fused-ring (bicyclic) bond motifs is 1. The molecule has 4 rings (SSSR count). The van der Waals surface area contributed by atoms with E-state index in [9.17, 15) is 22.8 Å². The maximum Gasteiger partial charge on any atom is 0.413 e. The second-order valence-electron chi connectivity index (χ2n) is 7.83. The minimum absolute atomic E-state index is 0.0801. The van der Waals surface area contributed by atoms with Crippen LogP contribution in [-0.4, -0.2) is 33.8 Å². The molecule has 1 unspecified atom stereocenters. The predicted molar refractivity (Wildman–Crippen MR) is 118 cm³/mol. The van der Waals surface area contributed by atoms with E-state index in [-0.39, 0.29) is 30.1 Å². The molecule has 0 saturated heterocycles. The van der Waals surface area contributed by atoms with Gasteiger partial charge in [-0.25, -0.2) is 4.98 Å². The fraction of sp³-hybridized carbons (Fsp3) is 0.208. The van der Waals surface area contributed by atoms with Gasteiger partial charge in [-0.15, -0.1) is 0 Å². The number of carbonyl (C=O) groups is 2. The Hall–Kier alpha value is -3.39. The molecule has 2 aromatic rings. The van der Waals surface area contributed by atoms with Gasteiger partial charge in [0.05, 0.1) is 0 Å². The first-order valence-corrected chi connectivity index (χ1v) is 10.5. The van der Waals surface area contributed by atoms with Gasteiger partial charge in [0, 0.05) is 29.0 Å². The van der Waals surface area contributed by atoms with Crippen LogP contribution in [0.2, 0.25) is 5.02 Å². The number of allylic oxidation sites excluding steroid dienone is 4. The molecule has 2 aliphatic rings. The lowest BCUT2D eigenvalue weighted by molar-refractivity contribution is -0.168. The van der Waals surface area contributed by atoms with Crippen LogP contribution in [0.1, 0.15) is 18.9 Å². The number of pyridine rings is 1. The lowest BCUT2D eigenvalue weighted by atomic mass is 9.92. The summed E-state index contributed by atoms with van der Waals surface area (Å²) in [6.45, 7) is 1.66. The summed E-state index contributed by atoms with van der Waals surface area (Å²) in [5.41, 5.74) is 1.33. The Labute approximate surface area is 193 Å². The molecule has 33 heavy (non-hydrogen) atoms. The Bertz CT molecular complexity index is 1190. The third-order valence-electron chi connectivity index (χ3n) is 5.44. The van der Waals surface area contributed by atoms with Crippen LogP contribution in [0.15, 0.2) is 83.2 Å². The molecule has 1 aromatic heterocycles. The Morgan fingerprint density at radius 1 is 1.15 bits per heavy atom. The van der Waals surface area contributed by atoms with Crippen molar-refractivity contribution in [3.05, 3.63) is 93.8 Å². The molecule has 1 N–H and O–H groups in total. The number of amides is 1. The maximum atomic E-state index is 14.4. The van der Waals surface area contributed by atoms with Crippen LogP contribution >= 0.6 is 11.6 Å². The number of halogens is 4. The number of hydrogen-bond donors (Lipinski definition) is 1. The first-order chi connectivity index (χ1) is 15.6. The second-order valence-corrected chi connectivity index (χ2v) is 8.27. The maximum absolute atomic E-state index is 14.4. The van der Waals surface area contributed by atoms with Crippen molar-refractivity contribution in [1.29, 1.82) is 0 Å². The highest BCUT2D eigenvalue weighted by Gasteiger charge is 2.54. The standard InChI is InChI=1S/C24H19ClF3N3O2/c1-14-5-10-18-17(12-14)20(21(32)23(33)30-19-4-2-3-11-29-19)22(24(26,27)28)31(18)13-15-6-8-16(25)9-7-15/h2-11,22H,12-13H2,1H3,(H,29,30,33). The molecule has 5 nitrogen and oxygen atoms in total. The number of nitrogens with one attached hydrogen (secondary N) is 1. The van der Waals surface area contributed by atoms with Gasteiger partial charge in [-0.05, 0) is 54.8 Å². The highest BCUT2D eigenvalue weighted by molar-refractivity contribution is 6.47. The summed E-state index contributed by atoms with van der Waals surface area (Å²) in [6.07, 6.45) is 0.0531. The van der Waals surface area contributed by atoms with Crippen LogP contribution in [0.3, 0.4) is 0 Å². The number of ketones is 1. The zero-order valence-corrected chi connectivity index (χ0v) is 18.2. The molecule has 9 heteroatoms. The van der Waals surface area contributed by atoms with E-state index in [1.54, 1.807) is 55.5 Å². The van der Waals surface area contributed by atoms with E-state index < -0.39 is 29.5 Å². The molecule has 0 bridgehead atoms. The van der Waals surface area contributed by atoms with Crippen LogP contribution in [0.5, 0.6) is 0 Å². The average molecular weight is 474 g/mol. The number of alkyl halides is 3. The van der Waals surface area contributed by atoms with E-state index in [0.29, 0.717) is 10.6 Å². The minimum atomic E-state index is -4.79. The molecule has 1 aliphatic carbocycles. The lowest BCUT2D eigenvalue weighted by Crippen LogP contribution is -2.45. The van der Waals surface area contributed by atoms with E-state index in [4.69, 9.17) is 11.6 Å². The van der Waals surface area contributed by atoms with Crippen LogP contribution in [0.25, 0.3) is 0 Å². The molecule has 1 amide bonds. The van der Waals surface area contributed by atoms with Gasteiger partial charge in [-0.3, -0.25) is 9.59 Å². The third-order valence-corrected chi connectivity index (χ3v) is 5.70. The molecular weight excluding hydrogens is 455 g/mol. The topological polar surface area (TPSA) is 62.3 Å². The second kappa shape index (κ2) is 8.86. The molecule has 170 valence electrons. The van der Waals surface area contributed by atoms with Gasteiger partial charge in [0.25, 0.3) is 5.91 Å². The van der Waals surface area contributed by atoms with Gasteiger partial charge in [-0.2, -0.15) is 13.2 Å². The minimum Gasteiger partial charge on any atom is -0.351 e. The van der Waals surface area contributed by atoms with Gasteiger partial charge in [0.2, 0.25) is 5.78 Å². The molecule has 2 heterocycles. The zero-order valence-electron chi connectivity index (χ0n) is 17.5. The summed E-state index contributed by atoms with van der Waals surface area (Å²) in [5, 5.41) is 2.76. The number of rotatable bonds is 5. The molecule has 0 spiro atoms. The summed E-state index contributed by atoms with van der Waals surface area (Å²) in [6, 6.07) is 8.85. The van der Waals surface area contributed by atoms with Crippen molar-refractivity contribution >= 4 is 29.1 Å². The normalized spacial score (nSPS) is 18.0. The summed E-state index contributed by atoms with van der Waals surface area (Å²) < 4.78 is 43.1. The van der Waals surface area contributed by atoms with Crippen molar-refractivity contribution in [2.75, 3.05) is 5.32 Å². The van der Waals surface area contributed by atoms with Gasteiger partial charge < -0.3 is 10.2 Å². The highest BCUT2D eigenvalue weighted by atomic mass is 35.5. The molecule has 1 atom stereocenters. The summed E-state index contributed by atoms with van der Waals surface area (Å²) in [5.74, 6) is -2.31. The summed E-state index contributed by atoms with van der Waals surface area (Å²) in [4.78, 5) is 30.8. The van der Waals surface area contributed by atoms with Crippen molar-refractivity contribution in [2.24, 2.45) is 0 Å². The molecule has 0 fully saturated rings. The Kier molecular flexibility index (Phi) is 6.12. The Morgan fingerprint density at radius 2 is 1.88 bits per heavy atom. The van der Waals surface area contributed by atoms with Crippen molar-refractivity contribution in [3.63, 3.8) is 0 Å². The van der Waals surface area contributed by atoms with Crippen LogP contribution in [0, 0.1) is 0 Å². The number of aromatic nitrogens is 1. The third kappa shape index (κ3) is 4.71. The van der Waals surface area contributed by atoms with E-state index in [0.717, 1.165) is 10.5 Å². The van der Waals surface area contributed by atoms with Crippen molar-refractivity contribution in [3.8, 4) is 0 Å². The number of nitrogens with zero attached hydrogens (tertiary/aromatic N) is 2. The quantitative estimate of drug-likeness (QED) is 0.605. The SMILES string of the molecule is CC1=CC=C2C(=C(C(=O)C(=O)Nc3ccccn3)C(C(F)(F)F)N2Cc2ccc(Cl)cc2)C1. The van der Waals surface area contributed by atoms with Gasteiger partial charge in [0.1, 0.15) is 5.82 Å². The summed E-state index contributed by atoms with van der Waals surface area (Å²) >= 11 is 5.91. The Balaban J connectivity index is 1.74.